The maximum atomic E-state index is 12.6. The Bertz CT molecular complexity index is 467. The maximum absolute atomic E-state index is 12.6. The van der Waals surface area contributed by atoms with Crippen LogP contribution in [-0.4, -0.2) is 34.0 Å². The van der Waals surface area contributed by atoms with Gasteiger partial charge in [-0.15, -0.1) is 0 Å². The van der Waals surface area contributed by atoms with E-state index in [9.17, 15) is 15.0 Å². The van der Waals surface area contributed by atoms with Crippen LogP contribution in [0.3, 0.4) is 0 Å². The molecule has 0 amide bonds. The van der Waals surface area contributed by atoms with E-state index in [4.69, 9.17) is 4.74 Å². The zero-order valence-electron chi connectivity index (χ0n) is 17.9. The first-order valence-corrected chi connectivity index (χ1v) is 9.20. The highest BCUT2D eigenvalue weighted by Crippen LogP contribution is 2.43. The van der Waals surface area contributed by atoms with Crippen LogP contribution in [0.2, 0.25) is 0 Å². The fourth-order valence-electron chi connectivity index (χ4n) is 3.92. The number of ether oxygens (including phenoxy) is 1. The van der Waals surface area contributed by atoms with Crippen LogP contribution in [0.15, 0.2) is 12.2 Å². The molecule has 0 aliphatic carbocycles. The molecule has 0 aromatic heterocycles. The summed E-state index contributed by atoms with van der Waals surface area (Å²) in [5.74, 6) is -0.298. The Morgan fingerprint density at radius 3 is 1.96 bits per heavy atom. The van der Waals surface area contributed by atoms with Crippen molar-refractivity contribution in [1.29, 1.82) is 0 Å². The van der Waals surface area contributed by atoms with Crippen LogP contribution in [0.4, 0.5) is 0 Å². The Labute approximate surface area is 154 Å². The molecule has 0 heterocycles. The summed E-state index contributed by atoms with van der Waals surface area (Å²) in [7, 11) is 0. The van der Waals surface area contributed by atoms with Crippen molar-refractivity contribution in [2.45, 2.75) is 99.9 Å². The van der Waals surface area contributed by atoms with E-state index in [1.54, 1.807) is 20.8 Å². The minimum absolute atomic E-state index is 0.298. The highest BCUT2D eigenvalue weighted by atomic mass is 16.5. The Hall–Kier alpha value is -0.870. The van der Waals surface area contributed by atoms with E-state index < -0.39 is 22.5 Å². The normalized spacial score (nSPS) is 16.8. The quantitative estimate of drug-likeness (QED) is 0.472. The molecule has 148 valence electrons. The molecule has 2 N–H and O–H groups in total. The number of carbonyl (C=O) groups excluding carboxylic acids is 1. The van der Waals surface area contributed by atoms with Gasteiger partial charge >= 0.3 is 5.97 Å². The summed E-state index contributed by atoms with van der Waals surface area (Å²) in [6.45, 7) is 18.8. The smallest absolute Gasteiger partial charge is 0.311 e. The van der Waals surface area contributed by atoms with Crippen LogP contribution in [0, 0.1) is 16.2 Å². The van der Waals surface area contributed by atoms with E-state index in [-0.39, 0.29) is 17.5 Å². The zero-order chi connectivity index (χ0) is 20.3. The van der Waals surface area contributed by atoms with Gasteiger partial charge in [0.25, 0.3) is 0 Å². The molecule has 0 rings (SSSR count). The summed E-state index contributed by atoms with van der Waals surface area (Å²) in [4.78, 5) is 12.6. The summed E-state index contributed by atoms with van der Waals surface area (Å²) in [5, 5.41) is 20.8. The molecular weight excluding hydrogens is 316 g/mol. The topological polar surface area (TPSA) is 66.8 Å². The molecule has 0 aromatic carbocycles. The minimum atomic E-state index is -0.879. The highest BCUT2D eigenvalue weighted by molar-refractivity contribution is 5.76. The predicted octanol–water partition coefficient (Wildman–Crippen LogP) is 4.48. The molecule has 0 bridgehead atoms. The summed E-state index contributed by atoms with van der Waals surface area (Å²) in [6.07, 6.45) is 3.86. The first kappa shape index (κ1) is 24.1. The number of rotatable bonds is 9. The Morgan fingerprint density at radius 1 is 1.08 bits per heavy atom. The van der Waals surface area contributed by atoms with Crippen LogP contribution in [0.1, 0.15) is 82.1 Å². The Morgan fingerprint density at radius 2 is 1.56 bits per heavy atom. The second kappa shape index (κ2) is 8.22. The molecule has 0 aromatic rings. The van der Waals surface area contributed by atoms with Gasteiger partial charge in [-0.2, -0.15) is 0 Å². The van der Waals surface area contributed by atoms with Crippen molar-refractivity contribution in [2.24, 2.45) is 16.2 Å². The fourth-order valence-corrected chi connectivity index (χ4v) is 3.92. The van der Waals surface area contributed by atoms with Crippen LogP contribution in [0.5, 0.6) is 0 Å². The lowest BCUT2D eigenvalue weighted by Crippen LogP contribution is -2.45. The Kier molecular flexibility index (Phi) is 7.93. The van der Waals surface area contributed by atoms with Crippen LogP contribution in [-0.2, 0) is 9.53 Å². The SMILES string of the molecule is CC=CC(C)(C)C(O)C(C)(C)CC(C)(C)C(=O)OC(C)CC(C)(C)O. The first-order chi connectivity index (χ1) is 10.9. The first-order valence-electron chi connectivity index (χ1n) is 9.20. The van der Waals surface area contributed by atoms with Gasteiger partial charge in [0, 0.05) is 11.8 Å². The lowest BCUT2D eigenvalue weighted by molar-refractivity contribution is -0.164. The third-order valence-electron chi connectivity index (χ3n) is 4.59. The van der Waals surface area contributed by atoms with Crippen molar-refractivity contribution >= 4 is 5.97 Å². The molecule has 2 atom stereocenters. The van der Waals surface area contributed by atoms with Crippen molar-refractivity contribution in [3.05, 3.63) is 12.2 Å². The molecular formula is C21H40O4. The van der Waals surface area contributed by atoms with Gasteiger partial charge in [0.2, 0.25) is 0 Å². The molecule has 25 heavy (non-hydrogen) atoms. The number of esters is 1. The average molecular weight is 357 g/mol. The van der Waals surface area contributed by atoms with Gasteiger partial charge in [-0.25, -0.2) is 0 Å². The van der Waals surface area contributed by atoms with Gasteiger partial charge in [0.05, 0.1) is 17.1 Å². The van der Waals surface area contributed by atoms with Crippen molar-refractivity contribution in [3.63, 3.8) is 0 Å². The number of carbonyl (C=O) groups is 1. The summed E-state index contributed by atoms with van der Waals surface area (Å²) in [5.41, 5.74) is -2.46. The van der Waals surface area contributed by atoms with Crippen molar-refractivity contribution in [2.75, 3.05) is 0 Å². The molecule has 0 aliphatic rings. The lowest BCUT2D eigenvalue weighted by Gasteiger charge is -2.43. The number of hydrogen-bond acceptors (Lipinski definition) is 4. The summed E-state index contributed by atoms with van der Waals surface area (Å²) < 4.78 is 5.56. The molecule has 2 unspecified atom stereocenters. The lowest BCUT2D eigenvalue weighted by atomic mass is 9.65. The standard InChI is InChI=1S/C21H40O4/c1-11-12-18(3,4)16(22)19(5,6)14-20(7,8)17(23)25-15(2)13-21(9,10)24/h11-12,15-16,22,24H,13-14H2,1-10H3. The molecule has 4 heteroatoms. The van der Waals surface area contributed by atoms with Gasteiger partial charge in [-0.3, -0.25) is 4.79 Å². The van der Waals surface area contributed by atoms with Crippen molar-refractivity contribution < 1.29 is 19.7 Å². The summed E-state index contributed by atoms with van der Waals surface area (Å²) >= 11 is 0. The van der Waals surface area contributed by atoms with E-state index in [0.717, 1.165) is 0 Å². The molecule has 0 spiro atoms. The molecule has 0 saturated carbocycles. The largest absolute Gasteiger partial charge is 0.462 e. The second-order valence-corrected chi connectivity index (χ2v) is 10.0. The average Bonchev–Trinajstić information content (AvgIpc) is 2.33. The number of allylic oxidation sites excluding steroid dienone is 1. The second-order valence-electron chi connectivity index (χ2n) is 10.0. The van der Waals surface area contributed by atoms with Crippen LogP contribution < -0.4 is 0 Å². The van der Waals surface area contributed by atoms with Crippen LogP contribution in [0.25, 0.3) is 0 Å². The van der Waals surface area contributed by atoms with Crippen molar-refractivity contribution in [1.82, 2.24) is 0 Å². The van der Waals surface area contributed by atoms with E-state index >= 15 is 0 Å². The number of aliphatic hydroxyl groups is 2. The van der Waals surface area contributed by atoms with E-state index in [1.807, 2.05) is 60.6 Å². The van der Waals surface area contributed by atoms with E-state index in [2.05, 4.69) is 0 Å². The monoisotopic (exact) mass is 356 g/mol. The van der Waals surface area contributed by atoms with Gasteiger partial charge in [-0.1, -0.05) is 39.8 Å². The third kappa shape index (κ3) is 7.91. The van der Waals surface area contributed by atoms with Crippen molar-refractivity contribution in [3.8, 4) is 0 Å². The molecule has 0 aliphatic heterocycles. The fraction of sp³-hybridized carbons (Fsp3) is 0.857. The van der Waals surface area contributed by atoms with E-state index in [0.29, 0.717) is 12.8 Å². The van der Waals surface area contributed by atoms with Gasteiger partial charge < -0.3 is 14.9 Å². The van der Waals surface area contributed by atoms with Crippen LogP contribution >= 0.6 is 0 Å². The van der Waals surface area contributed by atoms with E-state index in [1.165, 1.54) is 0 Å². The molecule has 0 saturated heterocycles. The predicted molar refractivity (Wildman–Crippen MR) is 103 cm³/mol. The van der Waals surface area contributed by atoms with Gasteiger partial charge in [0.15, 0.2) is 0 Å². The number of hydrogen-bond donors (Lipinski definition) is 2. The third-order valence-corrected chi connectivity index (χ3v) is 4.59. The molecule has 0 fully saturated rings. The maximum Gasteiger partial charge on any atom is 0.311 e. The molecule has 4 nitrogen and oxygen atoms in total. The minimum Gasteiger partial charge on any atom is -0.462 e. The van der Waals surface area contributed by atoms with Gasteiger partial charge in [-0.05, 0) is 53.4 Å². The zero-order valence-corrected chi connectivity index (χ0v) is 17.9. The molecule has 0 radical (unpaired) electrons. The van der Waals surface area contributed by atoms with Gasteiger partial charge in [0.1, 0.15) is 6.10 Å². The highest BCUT2D eigenvalue weighted by Gasteiger charge is 2.44. The Balaban J connectivity index is 5.12. The summed E-state index contributed by atoms with van der Waals surface area (Å²) in [6, 6.07) is 0. The number of aliphatic hydroxyl groups excluding tert-OH is 1.